The van der Waals surface area contributed by atoms with E-state index in [0.29, 0.717) is 5.92 Å². The Balaban J connectivity index is 2.33. The highest BCUT2D eigenvalue weighted by atomic mass is 31.0. The van der Waals surface area contributed by atoms with Gasteiger partial charge in [0.25, 0.3) is 0 Å². The Bertz CT molecular complexity index is 369. The normalized spacial score (nSPS) is 42.2. The predicted octanol–water partition coefficient (Wildman–Crippen LogP) is 4.01. The van der Waals surface area contributed by atoms with Gasteiger partial charge in [-0.1, -0.05) is 40.2 Å². The van der Waals surface area contributed by atoms with Crippen molar-refractivity contribution in [3.8, 4) is 0 Å². The molecule has 0 amide bonds. The van der Waals surface area contributed by atoms with Gasteiger partial charge in [-0.15, -0.1) is 9.24 Å². The van der Waals surface area contributed by atoms with E-state index >= 15 is 0 Å². The van der Waals surface area contributed by atoms with Crippen molar-refractivity contribution in [2.24, 2.45) is 17.3 Å². The van der Waals surface area contributed by atoms with Crippen LogP contribution in [0.4, 0.5) is 0 Å². The van der Waals surface area contributed by atoms with Crippen LogP contribution in [-0.4, -0.2) is 25.2 Å². The largest absolute Gasteiger partial charge is 0.353 e. The van der Waals surface area contributed by atoms with Crippen molar-refractivity contribution < 1.29 is 9.47 Å². The molecule has 1 aliphatic heterocycles. The molecule has 1 aliphatic carbocycles. The van der Waals surface area contributed by atoms with Gasteiger partial charge in [-0.3, -0.25) is 0 Å². The zero-order valence-corrected chi connectivity index (χ0v) is 14.3. The molecule has 0 bridgehead atoms. The average molecular weight is 284 g/mol. The number of methoxy groups -OCH3 is 1. The summed E-state index contributed by atoms with van der Waals surface area (Å²) in [6.45, 7) is 11.6. The van der Waals surface area contributed by atoms with Gasteiger partial charge in [0.1, 0.15) is 6.10 Å². The van der Waals surface area contributed by atoms with E-state index in [9.17, 15) is 0 Å². The molecule has 2 aliphatic rings. The monoisotopic (exact) mass is 284 g/mol. The lowest BCUT2D eigenvalue weighted by Crippen LogP contribution is -2.29. The van der Waals surface area contributed by atoms with Gasteiger partial charge in [0.2, 0.25) is 0 Å². The van der Waals surface area contributed by atoms with Crippen LogP contribution in [0.15, 0.2) is 11.1 Å². The van der Waals surface area contributed by atoms with E-state index in [1.807, 2.05) is 0 Å². The molecule has 0 aromatic rings. The fraction of sp³-hybridized carbons (Fsp3) is 0.875. The molecule has 0 N–H and O–H groups in total. The third-order valence-electron chi connectivity index (χ3n) is 4.62. The third kappa shape index (κ3) is 3.23. The fourth-order valence-corrected chi connectivity index (χ4v) is 3.98. The van der Waals surface area contributed by atoms with Crippen LogP contribution in [0.3, 0.4) is 0 Å². The highest BCUT2D eigenvalue weighted by molar-refractivity contribution is 7.17. The fourth-order valence-electron chi connectivity index (χ4n) is 3.43. The van der Waals surface area contributed by atoms with Crippen LogP contribution in [0, 0.1) is 17.3 Å². The van der Waals surface area contributed by atoms with Crippen molar-refractivity contribution in [1.82, 2.24) is 0 Å². The van der Waals surface area contributed by atoms with Gasteiger partial charge in [0, 0.05) is 7.11 Å². The quantitative estimate of drug-likeness (QED) is 0.434. The van der Waals surface area contributed by atoms with Crippen LogP contribution in [0.25, 0.3) is 0 Å². The number of rotatable bonds is 2. The second kappa shape index (κ2) is 5.47. The summed E-state index contributed by atoms with van der Waals surface area (Å²) in [4.78, 5) is 0. The molecule has 1 heterocycles. The van der Waals surface area contributed by atoms with E-state index < -0.39 is 0 Å². The second-order valence-electron chi connectivity index (χ2n) is 7.33. The standard InChI is InChI=1S/C16H29O2P/c1-9-8-12(19)10(2)7-11(9)13(16(3,4)5)14-15(17-6)18-14/h9-10,12,14-15H,7-8,19H2,1-6H3. The van der Waals surface area contributed by atoms with Gasteiger partial charge in [0.15, 0.2) is 6.29 Å². The van der Waals surface area contributed by atoms with E-state index in [0.717, 1.165) is 11.6 Å². The number of epoxide rings is 1. The molecule has 2 rings (SSSR count). The van der Waals surface area contributed by atoms with Crippen LogP contribution in [0.2, 0.25) is 0 Å². The second-order valence-corrected chi connectivity index (χ2v) is 8.19. The number of hydrogen-bond donors (Lipinski definition) is 0. The van der Waals surface area contributed by atoms with Gasteiger partial charge in [-0.25, -0.2) is 0 Å². The first-order chi connectivity index (χ1) is 8.75. The average Bonchev–Trinajstić information content (AvgIpc) is 3.03. The van der Waals surface area contributed by atoms with E-state index in [1.54, 1.807) is 12.7 Å². The maximum absolute atomic E-state index is 5.73. The molecule has 2 fully saturated rings. The summed E-state index contributed by atoms with van der Waals surface area (Å²) in [6.07, 6.45) is 2.65. The molecule has 6 atom stereocenters. The molecule has 1 saturated heterocycles. The smallest absolute Gasteiger partial charge is 0.188 e. The van der Waals surface area contributed by atoms with Crippen molar-refractivity contribution in [3.63, 3.8) is 0 Å². The van der Waals surface area contributed by atoms with E-state index in [4.69, 9.17) is 9.47 Å². The molecular formula is C16H29O2P. The van der Waals surface area contributed by atoms with Crippen LogP contribution < -0.4 is 0 Å². The van der Waals surface area contributed by atoms with Crippen molar-refractivity contribution in [3.05, 3.63) is 11.1 Å². The summed E-state index contributed by atoms with van der Waals surface area (Å²) in [5, 5.41) is 0. The summed E-state index contributed by atoms with van der Waals surface area (Å²) < 4.78 is 11.1. The highest BCUT2D eigenvalue weighted by Crippen LogP contribution is 2.48. The number of ether oxygens (including phenoxy) is 2. The Morgan fingerprint density at radius 1 is 1.32 bits per heavy atom. The van der Waals surface area contributed by atoms with Crippen LogP contribution in [0.1, 0.15) is 47.5 Å². The lowest BCUT2D eigenvalue weighted by Gasteiger charge is -2.37. The topological polar surface area (TPSA) is 21.8 Å². The molecule has 2 nitrogen and oxygen atoms in total. The zero-order valence-electron chi connectivity index (χ0n) is 13.2. The van der Waals surface area contributed by atoms with Gasteiger partial charge >= 0.3 is 0 Å². The Morgan fingerprint density at radius 3 is 2.42 bits per heavy atom. The zero-order chi connectivity index (χ0) is 14.4. The van der Waals surface area contributed by atoms with Gasteiger partial charge in [-0.2, -0.15) is 0 Å². The summed E-state index contributed by atoms with van der Waals surface area (Å²) in [7, 11) is 4.76. The van der Waals surface area contributed by atoms with Crippen LogP contribution in [0.5, 0.6) is 0 Å². The Hall–Kier alpha value is 0.0900. The van der Waals surface area contributed by atoms with Gasteiger partial charge < -0.3 is 9.47 Å². The van der Waals surface area contributed by atoms with Crippen molar-refractivity contribution in [2.75, 3.05) is 7.11 Å². The number of hydrogen-bond acceptors (Lipinski definition) is 2. The lowest BCUT2D eigenvalue weighted by molar-refractivity contribution is 0.0950. The summed E-state index contributed by atoms with van der Waals surface area (Å²) in [5.41, 5.74) is 4.03. The maximum atomic E-state index is 5.73. The van der Waals surface area contributed by atoms with E-state index in [-0.39, 0.29) is 17.8 Å². The predicted molar refractivity (Wildman–Crippen MR) is 83.2 cm³/mol. The molecule has 0 aromatic carbocycles. The molecular weight excluding hydrogens is 255 g/mol. The lowest BCUT2D eigenvalue weighted by atomic mass is 9.71. The molecule has 3 heteroatoms. The Labute approximate surface area is 120 Å². The van der Waals surface area contributed by atoms with Crippen molar-refractivity contribution in [2.45, 2.75) is 65.5 Å². The van der Waals surface area contributed by atoms with Crippen molar-refractivity contribution >= 4 is 9.24 Å². The SMILES string of the molecule is COC1OC1C(=C1CC(C)C(P)CC1C)C(C)(C)C. The van der Waals surface area contributed by atoms with Gasteiger partial charge in [-0.05, 0) is 41.3 Å². The van der Waals surface area contributed by atoms with E-state index in [1.165, 1.54) is 18.4 Å². The Kier molecular flexibility index (Phi) is 4.45. The minimum Gasteiger partial charge on any atom is -0.353 e. The first-order valence-corrected chi connectivity index (χ1v) is 8.09. The van der Waals surface area contributed by atoms with E-state index in [2.05, 4.69) is 43.9 Å². The third-order valence-corrected chi connectivity index (χ3v) is 5.54. The summed E-state index contributed by atoms with van der Waals surface area (Å²) in [5.74, 6) is 1.41. The maximum Gasteiger partial charge on any atom is 0.188 e. The molecule has 19 heavy (non-hydrogen) atoms. The molecule has 1 saturated carbocycles. The van der Waals surface area contributed by atoms with Crippen LogP contribution in [-0.2, 0) is 9.47 Å². The van der Waals surface area contributed by atoms with Crippen molar-refractivity contribution in [1.29, 1.82) is 0 Å². The first-order valence-electron chi connectivity index (χ1n) is 7.43. The minimum atomic E-state index is -0.0158. The first kappa shape index (κ1) is 15.5. The summed E-state index contributed by atoms with van der Waals surface area (Å²) >= 11 is 0. The molecule has 0 radical (unpaired) electrons. The minimum absolute atomic E-state index is 0.0158. The van der Waals surface area contributed by atoms with Crippen LogP contribution >= 0.6 is 9.24 Å². The molecule has 110 valence electrons. The number of allylic oxidation sites excluding steroid dienone is 1. The molecule has 6 unspecified atom stereocenters. The molecule has 0 aromatic heterocycles. The summed E-state index contributed by atoms with van der Waals surface area (Å²) in [6, 6.07) is 0. The highest BCUT2D eigenvalue weighted by Gasteiger charge is 2.48. The Morgan fingerprint density at radius 2 is 1.95 bits per heavy atom. The molecule has 0 spiro atoms. The van der Waals surface area contributed by atoms with Gasteiger partial charge in [0.05, 0.1) is 0 Å².